The third kappa shape index (κ3) is 4.37. The molecule has 0 radical (unpaired) electrons. The molecular weight excluding hydrogens is 325 g/mol. The van der Waals surface area contributed by atoms with Gasteiger partial charge in [0.25, 0.3) is 0 Å². The molecule has 0 saturated carbocycles. The van der Waals surface area contributed by atoms with Crippen LogP contribution in [0, 0.1) is 5.82 Å². The summed E-state index contributed by atoms with van der Waals surface area (Å²) in [4.78, 5) is 12.4. The van der Waals surface area contributed by atoms with E-state index in [1.807, 2.05) is 66.7 Å². The third-order valence-corrected chi connectivity index (χ3v) is 4.53. The standard InChI is InChI=1S/C23H22FNO/c1-17(23(26)25-15-14-18-8-4-2-5-9-18)20-12-13-21(22(24)16-20)19-10-6-3-7-11-19/h2-13,16-17H,14-15H2,1H3,(H,25,26). The largest absolute Gasteiger partial charge is 0.355 e. The zero-order valence-electron chi connectivity index (χ0n) is 14.8. The number of rotatable bonds is 6. The van der Waals surface area contributed by atoms with E-state index in [1.54, 1.807) is 13.0 Å². The van der Waals surface area contributed by atoms with Crippen LogP contribution in [0.5, 0.6) is 0 Å². The molecular formula is C23H22FNO. The second-order valence-corrected chi connectivity index (χ2v) is 6.35. The third-order valence-electron chi connectivity index (χ3n) is 4.53. The van der Waals surface area contributed by atoms with Crippen molar-refractivity contribution >= 4 is 5.91 Å². The van der Waals surface area contributed by atoms with Crippen LogP contribution >= 0.6 is 0 Å². The molecule has 0 spiro atoms. The first-order valence-corrected chi connectivity index (χ1v) is 8.81. The van der Waals surface area contributed by atoms with Crippen molar-refractivity contribution < 1.29 is 9.18 Å². The Labute approximate surface area is 153 Å². The van der Waals surface area contributed by atoms with Gasteiger partial charge in [-0.1, -0.05) is 72.8 Å². The van der Waals surface area contributed by atoms with E-state index in [-0.39, 0.29) is 11.7 Å². The molecule has 1 amide bonds. The van der Waals surface area contributed by atoms with Gasteiger partial charge in [-0.2, -0.15) is 0 Å². The minimum absolute atomic E-state index is 0.0900. The number of halogens is 1. The van der Waals surface area contributed by atoms with Crippen LogP contribution in [0.15, 0.2) is 78.9 Å². The number of amides is 1. The van der Waals surface area contributed by atoms with Crippen LogP contribution in [-0.2, 0) is 11.2 Å². The number of nitrogens with one attached hydrogen (secondary N) is 1. The van der Waals surface area contributed by atoms with Crippen LogP contribution in [-0.4, -0.2) is 12.5 Å². The van der Waals surface area contributed by atoms with E-state index in [9.17, 15) is 9.18 Å². The molecule has 3 rings (SSSR count). The fourth-order valence-corrected chi connectivity index (χ4v) is 2.93. The Balaban J connectivity index is 1.63. The maximum Gasteiger partial charge on any atom is 0.227 e. The Morgan fingerprint density at radius 3 is 2.27 bits per heavy atom. The van der Waals surface area contributed by atoms with Crippen LogP contribution in [0.3, 0.4) is 0 Å². The lowest BCUT2D eigenvalue weighted by Gasteiger charge is -2.14. The lowest BCUT2D eigenvalue weighted by Crippen LogP contribution is -2.29. The molecule has 0 heterocycles. The molecule has 1 N–H and O–H groups in total. The summed E-state index contributed by atoms with van der Waals surface area (Å²) in [6.07, 6.45) is 0.778. The number of hydrogen-bond acceptors (Lipinski definition) is 1. The van der Waals surface area contributed by atoms with Gasteiger partial charge in [0, 0.05) is 12.1 Å². The summed E-state index contributed by atoms with van der Waals surface area (Å²) in [7, 11) is 0. The zero-order valence-corrected chi connectivity index (χ0v) is 14.8. The highest BCUT2D eigenvalue weighted by atomic mass is 19.1. The first kappa shape index (κ1) is 17.9. The van der Waals surface area contributed by atoms with E-state index in [4.69, 9.17) is 0 Å². The Kier molecular flexibility index (Phi) is 5.80. The summed E-state index contributed by atoms with van der Waals surface area (Å²) in [6.45, 7) is 2.37. The van der Waals surface area contributed by atoms with E-state index in [0.29, 0.717) is 17.7 Å². The Hall–Kier alpha value is -2.94. The fourth-order valence-electron chi connectivity index (χ4n) is 2.93. The van der Waals surface area contributed by atoms with Gasteiger partial charge in [-0.25, -0.2) is 4.39 Å². The van der Waals surface area contributed by atoms with Gasteiger partial charge in [-0.3, -0.25) is 4.79 Å². The summed E-state index contributed by atoms with van der Waals surface area (Å²) in [6, 6.07) is 24.4. The second-order valence-electron chi connectivity index (χ2n) is 6.35. The van der Waals surface area contributed by atoms with Crippen LogP contribution in [0.4, 0.5) is 4.39 Å². The predicted octanol–water partition coefficient (Wildman–Crippen LogP) is 4.96. The summed E-state index contributed by atoms with van der Waals surface area (Å²) < 4.78 is 14.5. The maximum atomic E-state index is 14.5. The molecule has 132 valence electrons. The molecule has 0 aromatic heterocycles. The van der Waals surface area contributed by atoms with Crippen molar-refractivity contribution in [2.45, 2.75) is 19.3 Å². The minimum atomic E-state index is -0.398. The van der Waals surface area contributed by atoms with Crippen LogP contribution in [0.1, 0.15) is 24.0 Å². The Morgan fingerprint density at radius 1 is 0.962 bits per heavy atom. The van der Waals surface area contributed by atoms with Gasteiger partial charge in [-0.05, 0) is 36.1 Å². The molecule has 3 aromatic carbocycles. The maximum absolute atomic E-state index is 14.5. The molecule has 0 aliphatic rings. The topological polar surface area (TPSA) is 29.1 Å². The van der Waals surface area contributed by atoms with Gasteiger partial charge in [0.05, 0.1) is 5.92 Å². The molecule has 0 aliphatic heterocycles. The first-order chi connectivity index (χ1) is 12.6. The quantitative estimate of drug-likeness (QED) is 0.671. The van der Waals surface area contributed by atoms with Crippen LogP contribution < -0.4 is 5.32 Å². The van der Waals surface area contributed by atoms with Crippen molar-refractivity contribution in [3.63, 3.8) is 0 Å². The second kappa shape index (κ2) is 8.43. The highest BCUT2D eigenvalue weighted by Crippen LogP contribution is 2.26. The predicted molar refractivity (Wildman–Crippen MR) is 103 cm³/mol. The van der Waals surface area contributed by atoms with Crippen molar-refractivity contribution in [2.75, 3.05) is 6.54 Å². The molecule has 0 fully saturated rings. The highest BCUT2D eigenvalue weighted by Gasteiger charge is 2.17. The normalized spacial score (nSPS) is 11.8. The molecule has 0 aliphatic carbocycles. The van der Waals surface area contributed by atoms with Gasteiger partial charge in [0.1, 0.15) is 5.82 Å². The molecule has 26 heavy (non-hydrogen) atoms. The monoisotopic (exact) mass is 347 g/mol. The van der Waals surface area contributed by atoms with E-state index < -0.39 is 5.92 Å². The molecule has 3 heteroatoms. The highest BCUT2D eigenvalue weighted by molar-refractivity contribution is 5.83. The van der Waals surface area contributed by atoms with Crippen molar-refractivity contribution in [3.8, 4) is 11.1 Å². The summed E-state index contributed by atoms with van der Waals surface area (Å²) in [5.74, 6) is -0.796. The fraction of sp³-hybridized carbons (Fsp3) is 0.174. The van der Waals surface area contributed by atoms with Crippen molar-refractivity contribution in [1.82, 2.24) is 5.32 Å². The Morgan fingerprint density at radius 2 is 1.62 bits per heavy atom. The lowest BCUT2D eigenvalue weighted by molar-refractivity contribution is -0.122. The lowest BCUT2D eigenvalue weighted by atomic mass is 9.96. The molecule has 1 atom stereocenters. The summed E-state index contributed by atoms with van der Waals surface area (Å²) >= 11 is 0. The molecule has 2 nitrogen and oxygen atoms in total. The van der Waals surface area contributed by atoms with Crippen LogP contribution in [0.25, 0.3) is 11.1 Å². The van der Waals surface area contributed by atoms with Crippen molar-refractivity contribution in [1.29, 1.82) is 0 Å². The van der Waals surface area contributed by atoms with Crippen LogP contribution in [0.2, 0.25) is 0 Å². The molecule has 0 saturated heterocycles. The Bertz CT molecular complexity index is 862. The average molecular weight is 347 g/mol. The number of hydrogen-bond donors (Lipinski definition) is 1. The van der Waals surface area contributed by atoms with E-state index in [0.717, 1.165) is 12.0 Å². The van der Waals surface area contributed by atoms with E-state index in [2.05, 4.69) is 5.32 Å². The number of benzene rings is 3. The summed E-state index contributed by atoms with van der Waals surface area (Å²) in [5, 5.41) is 2.93. The first-order valence-electron chi connectivity index (χ1n) is 8.81. The number of carbonyl (C=O) groups is 1. The van der Waals surface area contributed by atoms with E-state index >= 15 is 0 Å². The molecule has 3 aromatic rings. The van der Waals surface area contributed by atoms with Gasteiger partial charge in [0.15, 0.2) is 0 Å². The van der Waals surface area contributed by atoms with Gasteiger partial charge < -0.3 is 5.32 Å². The molecule has 1 unspecified atom stereocenters. The van der Waals surface area contributed by atoms with Crippen molar-refractivity contribution in [2.24, 2.45) is 0 Å². The molecule has 0 bridgehead atoms. The SMILES string of the molecule is CC(C(=O)NCCc1ccccc1)c1ccc(-c2ccccc2)c(F)c1. The minimum Gasteiger partial charge on any atom is -0.355 e. The smallest absolute Gasteiger partial charge is 0.227 e. The number of carbonyl (C=O) groups excluding carboxylic acids is 1. The van der Waals surface area contributed by atoms with E-state index in [1.165, 1.54) is 11.6 Å². The zero-order chi connectivity index (χ0) is 18.4. The van der Waals surface area contributed by atoms with Gasteiger partial charge in [0.2, 0.25) is 5.91 Å². The summed E-state index contributed by atoms with van der Waals surface area (Å²) in [5.41, 5.74) is 3.24. The average Bonchev–Trinajstić information content (AvgIpc) is 2.68. The van der Waals surface area contributed by atoms with Gasteiger partial charge >= 0.3 is 0 Å². The van der Waals surface area contributed by atoms with Crippen molar-refractivity contribution in [3.05, 3.63) is 95.8 Å². The van der Waals surface area contributed by atoms with Gasteiger partial charge in [-0.15, -0.1) is 0 Å².